The van der Waals surface area contributed by atoms with Gasteiger partial charge in [0.1, 0.15) is 0 Å². The maximum Gasteiger partial charge on any atom is 0.0695 e. The van der Waals surface area contributed by atoms with Crippen LogP contribution in [0.4, 0.5) is 0 Å². The highest BCUT2D eigenvalue weighted by atomic mass is 16.3. The van der Waals surface area contributed by atoms with Gasteiger partial charge in [0.05, 0.1) is 6.10 Å². The molecule has 1 saturated heterocycles. The third kappa shape index (κ3) is 2.44. The summed E-state index contributed by atoms with van der Waals surface area (Å²) in [5.74, 6) is 0.616. The fourth-order valence-electron chi connectivity index (χ4n) is 2.28. The first kappa shape index (κ1) is 11.0. The van der Waals surface area contributed by atoms with Crippen LogP contribution in [0.25, 0.3) is 0 Å². The van der Waals surface area contributed by atoms with Gasteiger partial charge < -0.3 is 5.11 Å². The Morgan fingerprint density at radius 3 is 2.23 bits per heavy atom. The molecule has 0 spiro atoms. The first-order valence-electron chi connectivity index (χ1n) is 5.27. The van der Waals surface area contributed by atoms with Crippen LogP contribution < -0.4 is 0 Å². The topological polar surface area (TPSA) is 23.5 Å². The first-order valence-corrected chi connectivity index (χ1v) is 5.27. The van der Waals surface area contributed by atoms with Gasteiger partial charge in [-0.15, -0.1) is 0 Å². The van der Waals surface area contributed by atoms with Gasteiger partial charge in [-0.2, -0.15) is 0 Å². The largest absolute Gasteiger partial charge is 0.391 e. The summed E-state index contributed by atoms with van der Waals surface area (Å²) in [5.41, 5.74) is 0.176. The molecule has 1 rings (SSSR count). The average molecular weight is 185 g/mol. The molecule has 0 unspecified atom stereocenters. The van der Waals surface area contributed by atoms with Gasteiger partial charge in [0, 0.05) is 18.1 Å². The predicted molar refractivity (Wildman–Crippen MR) is 55.7 cm³/mol. The molecular formula is C11H23NO. The van der Waals surface area contributed by atoms with Crippen molar-refractivity contribution >= 4 is 0 Å². The molecule has 1 fully saturated rings. The Morgan fingerprint density at radius 2 is 1.77 bits per heavy atom. The minimum atomic E-state index is -0.150. The van der Waals surface area contributed by atoms with Crippen molar-refractivity contribution in [3.8, 4) is 0 Å². The van der Waals surface area contributed by atoms with Gasteiger partial charge >= 0.3 is 0 Å². The highest BCUT2D eigenvalue weighted by Crippen LogP contribution is 2.28. The molecule has 2 heteroatoms. The first-order chi connectivity index (χ1) is 5.82. The number of rotatable bonds is 0. The quantitative estimate of drug-likeness (QED) is 0.623. The van der Waals surface area contributed by atoms with Gasteiger partial charge in [-0.05, 0) is 40.0 Å². The number of piperidine rings is 1. The molecule has 0 bridgehead atoms. The van der Waals surface area contributed by atoms with Crippen LogP contribution in [0.3, 0.4) is 0 Å². The van der Waals surface area contributed by atoms with E-state index in [9.17, 15) is 5.11 Å². The molecule has 0 aromatic heterocycles. The van der Waals surface area contributed by atoms with E-state index in [-0.39, 0.29) is 11.6 Å². The number of hydrogen-bond acceptors (Lipinski definition) is 2. The van der Waals surface area contributed by atoms with Crippen LogP contribution in [0, 0.1) is 5.92 Å². The van der Waals surface area contributed by atoms with E-state index in [2.05, 4.69) is 39.5 Å². The second-order valence-electron chi connectivity index (χ2n) is 5.47. The smallest absolute Gasteiger partial charge is 0.0695 e. The summed E-state index contributed by atoms with van der Waals surface area (Å²) in [4.78, 5) is 2.41. The molecule has 3 atom stereocenters. The zero-order valence-electron chi connectivity index (χ0n) is 9.54. The summed E-state index contributed by atoms with van der Waals surface area (Å²) in [6, 6.07) is 0.302. The summed E-state index contributed by atoms with van der Waals surface area (Å²) < 4.78 is 0. The SMILES string of the molecule is C[C@@H]1C[C@H](O)[C@H](C)N(C(C)(C)C)C1. The van der Waals surface area contributed by atoms with Gasteiger partial charge in [-0.1, -0.05) is 6.92 Å². The lowest BCUT2D eigenvalue weighted by atomic mass is 9.88. The van der Waals surface area contributed by atoms with Crippen LogP contribution in [0.15, 0.2) is 0 Å². The van der Waals surface area contributed by atoms with Gasteiger partial charge in [-0.3, -0.25) is 4.90 Å². The minimum Gasteiger partial charge on any atom is -0.391 e. The second-order valence-corrected chi connectivity index (χ2v) is 5.47. The molecule has 13 heavy (non-hydrogen) atoms. The molecule has 0 aromatic carbocycles. The van der Waals surface area contributed by atoms with Crippen molar-refractivity contribution in [1.82, 2.24) is 4.90 Å². The normalized spacial score (nSPS) is 37.8. The molecule has 1 heterocycles. The number of hydrogen-bond donors (Lipinski definition) is 1. The molecule has 0 aliphatic carbocycles. The zero-order chi connectivity index (χ0) is 10.2. The summed E-state index contributed by atoms with van der Waals surface area (Å²) in [6.07, 6.45) is 0.802. The van der Waals surface area contributed by atoms with Crippen molar-refractivity contribution in [2.45, 2.75) is 58.7 Å². The lowest BCUT2D eigenvalue weighted by molar-refractivity contribution is -0.0458. The molecule has 1 N–H and O–H groups in total. The van der Waals surface area contributed by atoms with E-state index in [1.54, 1.807) is 0 Å². The number of nitrogens with zero attached hydrogens (tertiary/aromatic N) is 1. The van der Waals surface area contributed by atoms with Crippen molar-refractivity contribution < 1.29 is 5.11 Å². The van der Waals surface area contributed by atoms with Crippen LogP contribution in [-0.2, 0) is 0 Å². The van der Waals surface area contributed by atoms with Crippen LogP contribution in [-0.4, -0.2) is 34.2 Å². The van der Waals surface area contributed by atoms with Crippen molar-refractivity contribution in [1.29, 1.82) is 0 Å². The van der Waals surface area contributed by atoms with E-state index in [1.165, 1.54) is 0 Å². The molecule has 1 aliphatic rings. The molecular weight excluding hydrogens is 162 g/mol. The van der Waals surface area contributed by atoms with Crippen molar-refractivity contribution in [3.63, 3.8) is 0 Å². The summed E-state index contributed by atoms with van der Waals surface area (Å²) in [5, 5.41) is 9.84. The average Bonchev–Trinajstić information content (AvgIpc) is 1.94. The molecule has 0 saturated carbocycles. The van der Waals surface area contributed by atoms with Crippen LogP contribution in [0.5, 0.6) is 0 Å². The summed E-state index contributed by atoms with van der Waals surface area (Å²) in [7, 11) is 0. The number of aliphatic hydroxyl groups is 1. The van der Waals surface area contributed by atoms with Gasteiger partial charge in [0.2, 0.25) is 0 Å². The Hall–Kier alpha value is -0.0800. The monoisotopic (exact) mass is 185 g/mol. The van der Waals surface area contributed by atoms with Crippen LogP contribution >= 0.6 is 0 Å². The third-order valence-corrected chi connectivity index (χ3v) is 3.06. The molecule has 78 valence electrons. The van der Waals surface area contributed by atoms with Crippen molar-refractivity contribution in [2.75, 3.05) is 6.54 Å². The van der Waals surface area contributed by atoms with E-state index in [1.807, 2.05) is 0 Å². The molecule has 0 amide bonds. The standard InChI is InChI=1S/C11H23NO/c1-8-6-10(13)9(2)12(7-8)11(3,4)5/h8-10,13H,6-7H2,1-5H3/t8-,9+,10+/m1/s1. The Bertz CT molecular complexity index is 173. The van der Waals surface area contributed by atoms with Crippen molar-refractivity contribution in [2.24, 2.45) is 5.92 Å². The summed E-state index contributed by atoms with van der Waals surface area (Å²) >= 11 is 0. The Labute approximate surface area is 81.9 Å². The predicted octanol–water partition coefficient (Wildman–Crippen LogP) is 1.88. The third-order valence-electron chi connectivity index (χ3n) is 3.06. The Kier molecular flexibility index (Phi) is 3.03. The fourth-order valence-corrected chi connectivity index (χ4v) is 2.28. The van der Waals surface area contributed by atoms with E-state index < -0.39 is 0 Å². The van der Waals surface area contributed by atoms with Crippen molar-refractivity contribution in [3.05, 3.63) is 0 Å². The van der Waals surface area contributed by atoms with E-state index in [0.717, 1.165) is 13.0 Å². The van der Waals surface area contributed by atoms with Gasteiger partial charge in [-0.25, -0.2) is 0 Å². The Morgan fingerprint density at radius 1 is 1.23 bits per heavy atom. The molecule has 1 aliphatic heterocycles. The van der Waals surface area contributed by atoms with E-state index >= 15 is 0 Å². The fraction of sp³-hybridized carbons (Fsp3) is 1.00. The van der Waals surface area contributed by atoms with E-state index in [4.69, 9.17) is 0 Å². The van der Waals surface area contributed by atoms with E-state index in [0.29, 0.717) is 12.0 Å². The zero-order valence-corrected chi connectivity index (χ0v) is 9.54. The van der Waals surface area contributed by atoms with Crippen LogP contribution in [0.1, 0.15) is 41.0 Å². The summed E-state index contributed by atoms with van der Waals surface area (Å²) in [6.45, 7) is 12.1. The Balaban J connectivity index is 2.72. The molecule has 0 aromatic rings. The van der Waals surface area contributed by atoms with Gasteiger partial charge in [0.15, 0.2) is 0 Å². The molecule has 0 radical (unpaired) electrons. The highest BCUT2D eigenvalue weighted by molar-refractivity contribution is 4.90. The van der Waals surface area contributed by atoms with Gasteiger partial charge in [0.25, 0.3) is 0 Å². The highest BCUT2D eigenvalue weighted by Gasteiger charge is 2.35. The second kappa shape index (κ2) is 3.58. The minimum absolute atomic E-state index is 0.150. The van der Waals surface area contributed by atoms with Crippen LogP contribution in [0.2, 0.25) is 0 Å². The lowest BCUT2D eigenvalue weighted by Gasteiger charge is -2.47. The number of aliphatic hydroxyl groups excluding tert-OH is 1. The molecule has 2 nitrogen and oxygen atoms in total. The lowest BCUT2D eigenvalue weighted by Crippen LogP contribution is -2.56. The maximum absolute atomic E-state index is 9.84. The number of likely N-dealkylation sites (tertiary alicyclic amines) is 1. The maximum atomic E-state index is 9.84.